The second-order valence-corrected chi connectivity index (χ2v) is 5.44. The van der Waals surface area contributed by atoms with E-state index in [1.54, 1.807) is 7.11 Å². The molecule has 4 nitrogen and oxygen atoms in total. The Balaban J connectivity index is 2.07. The fraction of sp³-hybridized carbons (Fsp3) is 0.667. The lowest BCUT2D eigenvalue weighted by Gasteiger charge is -2.31. The Morgan fingerprint density at radius 2 is 2.37 bits per heavy atom. The van der Waals surface area contributed by atoms with Crippen molar-refractivity contribution in [2.24, 2.45) is 5.84 Å². The molecule has 0 aliphatic heterocycles. The van der Waals surface area contributed by atoms with Gasteiger partial charge in [0.25, 0.3) is 0 Å². The van der Waals surface area contributed by atoms with Crippen LogP contribution in [0.5, 0.6) is 0 Å². The first-order valence-electron chi connectivity index (χ1n) is 7.19. The van der Waals surface area contributed by atoms with Gasteiger partial charge in [-0.25, -0.2) is 0 Å². The van der Waals surface area contributed by atoms with Gasteiger partial charge in [-0.15, -0.1) is 0 Å². The van der Waals surface area contributed by atoms with Crippen molar-refractivity contribution in [2.45, 2.75) is 57.1 Å². The summed E-state index contributed by atoms with van der Waals surface area (Å²) in [4.78, 5) is 4.59. The van der Waals surface area contributed by atoms with Gasteiger partial charge < -0.3 is 4.74 Å². The molecule has 3 N–H and O–H groups in total. The second kappa shape index (κ2) is 6.98. The van der Waals surface area contributed by atoms with Gasteiger partial charge in [-0.2, -0.15) is 0 Å². The Kier molecular flexibility index (Phi) is 5.31. The molecule has 0 radical (unpaired) electrons. The maximum Gasteiger partial charge on any atom is 0.0543 e. The highest BCUT2D eigenvalue weighted by Gasteiger charge is 2.28. The van der Waals surface area contributed by atoms with Crippen molar-refractivity contribution in [2.75, 3.05) is 7.11 Å². The number of pyridine rings is 1. The van der Waals surface area contributed by atoms with Crippen molar-refractivity contribution in [3.05, 3.63) is 29.6 Å². The van der Waals surface area contributed by atoms with E-state index in [0.29, 0.717) is 5.92 Å². The van der Waals surface area contributed by atoms with Gasteiger partial charge in [0.05, 0.1) is 6.10 Å². The quantitative estimate of drug-likeness (QED) is 0.610. The van der Waals surface area contributed by atoms with Gasteiger partial charge in [-0.05, 0) is 50.7 Å². The first kappa shape index (κ1) is 14.4. The number of nitrogens with zero attached hydrogens (tertiary/aromatic N) is 1. The molecule has 3 atom stereocenters. The summed E-state index contributed by atoms with van der Waals surface area (Å²) in [6.07, 6.45) is 7.74. The predicted molar refractivity (Wildman–Crippen MR) is 76.7 cm³/mol. The van der Waals surface area contributed by atoms with Crippen LogP contribution < -0.4 is 11.3 Å². The van der Waals surface area contributed by atoms with E-state index in [0.717, 1.165) is 19.3 Å². The normalized spacial score (nSPS) is 21.7. The van der Waals surface area contributed by atoms with Crippen LogP contribution in [0.3, 0.4) is 0 Å². The maximum atomic E-state index is 5.77. The molecular formula is C15H25N3O. The number of fused-ring (bicyclic) bond motifs is 1. The van der Waals surface area contributed by atoms with E-state index in [-0.39, 0.29) is 12.1 Å². The van der Waals surface area contributed by atoms with E-state index >= 15 is 0 Å². The Hall–Kier alpha value is -0.970. The Morgan fingerprint density at radius 3 is 3.11 bits per heavy atom. The molecule has 106 valence electrons. The zero-order valence-electron chi connectivity index (χ0n) is 11.9. The molecule has 3 unspecified atom stereocenters. The van der Waals surface area contributed by atoms with Crippen molar-refractivity contribution < 1.29 is 4.74 Å². The summed E-state index contributed by atoms with van der Waals surface area (Å²) in [5, 5.41) is 0. The van der Waals surface area contributed by atoms with Crippen LogP contribution in [-0.2, 0) is 11.2 Å². The molecule has 1 heterocycles. The molecule has 4 heteroatoms. The minimum Gasteiger partial charge on any atom is -0.382 e. The zero-order valence-corrected chi connectivity index (χ0v) is 11.9. The molecule has 0 aromatic carbocycles. The SMILES string of the molecule is COC(C)CCC(NN)C1CCCc2cccnc21. The lowest BCUT2D eigenvalue weighted by Crippen LogP contribution is -2.41. The minimum absolute atomic E-state index is 0.280. The highest BCUT2D eigenvalue weighted by molar-refractivity contribution is 5.27. The standard InChI is InChI=1S/C15H25N3O/c1-11(19-2)8-9-14(18-16)13-7-3-5-12-6-4-10-17-15(12)13/h4,6,10-11,13-14,18H,3,5,7-9,16H2,1-2H3. The number of hydrazine groups is 1. The van der Waals surface area contributed by atoms with Crippen molar-refractivity contribution in [1.29, 1.82) is 0 Å². The summed E-state index contributed by atoms with van der Waals surface area (Å²) in [7, 11) is 1.76. The van der Waals surface area contributed by atoms with Crippen LogP contribution in [0.1, 0.15) is 49.8 Å². The molecule has 0 saturated heterocycles. The monoisotopic (exact) mass is 263 g/mol. The maximum absolute atomic E-state index is 5.77. The molecular weight excluding hydrogens is 238 g/mol. The third-order valence-corrected chi connectivity index (χ3v) is 4.22. The number of nitrogens with two attached hydrogens (primary N) is 1. The summed E-state index contributed by atoms with van der Waals surface area (Å²) < 4.78 is 5.32. The number of nitrogens with one attached hydrogen (secondary N) is 1. The van der Waals surface area contributed by atoms with Gasteiger partial charge in [0.2, 0.25) is 0 Å². The van der Waals surface area contributed by atoms with Crippen LogP contribution in [0, 0.1) is 0 Å². The van der Waals surface area contributed by atoms with Crippen LogP contribution in [0.25, 0.3) is 0 Å². The van der Waals surface area contributed by atoms with Crippen molar-refractivity contribution >= 4 is 0 Å². The van der Waals surface area contributed by atoms with E-state index in [4.69, 9.17) is 10.6 Å². The Morgan fingerprint density at radius 1 is 1.53 bits per heavy atom. The van der Waals surface area contributed by atoms with Crippen molar-refractivity contribution in [3.8, 4) is 0 Å². The Bertz CT molecular complexity index is 397. The first-order chi connectivity index (χ1) is 9.26. The highest BCUT2D eigenvalue weighted by atomic mass is 16.5. The minimum atomic E-state index is 0.280. The van der Waals surface area contributed by atoms with Gasteiger partial charge in [0.15, 0.2) is 0 Å². The number of hydrogen-bond acceptors (Lipinski definition) is 4. The molecule has 2 rings (SSSR count). The lowest BCUT2D eigenvalue weighted by atomic mass is 9.80. The average Bonchev–Trinajstić information content (AvgIpc) is 2.47. The van der Waals surface area contributed by atoms with Gasteiger partial charge in [-0.1, -0.05) is 6.07 Å². The van der Waals surface area contributed by atoms with Gasteiger partial charge in [-0.3, -0.25) is 16.3 Å². The molecule has 0 fully saturated rings. The lowest BCUT2D eigenvalue weighted by molar-refractivity contribution is 0.104. The summed E-state index contributed by atoms with van der Waals surface area (Å²) in [5.41, 5.74) is 5.62. The molecule has 1 aliphatic carbocycles. The van der Waals surface area contributed by atoms with Crippen molar-refractivity contribution in [3.63, 3.8) is 0 Å². The van der Waals surface area contributed by atoms with E-state index in [9.17, 15) is 0 Å². The predicted octanol–water partition coefficient (Wildman–Crippen LogP) is 2.15. The smallest absolute Gasteiger partial charge is 0.0543 e. The summed E-state index contributed by atoms with van der Waals surface area (Å²) in [6.45, 7) is 2.10. The third-order valence-electron chi connectivity index (χ3n) is 4.22. The molecule has 19 heavy (non-hydrogen) atoms. The number of rotatable bonds is 6. The fourth-order valence-electron chi connectivity index (χ4n) is 2.97. The number of ether oxygens (including phenoxy) is 1. The fourth-order valence-corrected chi connectivity index (χ4v) is 2.97. The Labute approximate surface area is 115 Å². The van der Waals surface area contributed by atoms with Gasteiger partial charge in [0, 0.05) is 31.0 Å². The number of aromatic nitrogens is 1. The average molecular weight is 263 g/mol. The van der Waals surface area contributed by atoms with Crippen LogP contribution in [0.2, 0.25) is 0 Å². The van der Waals surface area contributed by atoms with Crippen LogP contribution >= 0.6 is 0 Å². The third kappa shape index (κ3) is 3.53. The molecule has 0 spiro atoms. The molecule has 0 bridgehead atoms. The van der Waals surface area contributed by atoms with Crippen LogP contribution in [0.4, 0.5) is 0 Å². The van der Waals surface area contributed by atoms with E-state index < -0.39 is 0 Å². The van der Waals surface area contributed by atoms with Gasteiger partial charge >= 0.3 is 0 Å². The van der Waals surface area contributed by atoms with Gasteiger partial charge in [0.1, 0.15) is 0 Å². The summed E-state index contributed by atoms with van der Waals surface area (Å²) >= 11 is 0. The highest BCUT2D eigenvalue weighted by Crippen LogP contribution is 2.33. The van der Waals surface area contributed by atoms with Crippen LogP contribution in [-0.4, -0.2) is 24.2 Å². The molecule has 0 amide bonds. The largest absolute Gasteiger partial charge is 0.382 e. The van der Waals surface area contributed by atoms with Crippen molar-refractivity contribution in [1.82, 2.24) is 10.4 Å². The van der Waals surface area contributed by atoms with E-state index in [1.165, 1.54) is 24.1 Å². The molecule has 1 aromatic rings. The molecule has 1 aliphatic rings. The number of methoxy groups -OCH3 is 1. The number of hydrogen-bond donors (Lipinski definition) is 2. The summed E-state index contributed by atoms with van der Waals surface area (Å²) in [5.74, 6) is 6.20. The topological polar surface area (TPSA) is 60.2 Å². The zero-order chi connectivity index (χ0) is 13.7. The first-order valence-corrected chi connectivity index (χ1v) is 7.19. The van der Waals surface area contributed by atoms with E-state index in [2.05, 4.69) is 23.4 Å². The molecule has 0 saturated carbocycles. The molecule has 1 aromatic heterocycles. The summed E-state index contributed by atoms with van der Waals surface area (Å²) in [6, 6.07) is 4.51. The second-order valence-electron chi connectivity index (χ2n) is 5.44. The van der Waals surface area contributed by atoms with E-state index in [1.807, 2.05) is 12.3 Å². The van der Waals surface area contributed by atoms with Crippen LogP contribution in [0.15, 0.2) is 18.3 Å². The number of aryl methyl sites for hydroxylation is 1.